The van der Waals surface area contributed by atoms with Crippen LogP contribution in [0.3, 0.4) is 0 Å². The zero-order valence-electron chi connectivity index (χ0n) is 16.1. The molecule has 1 unspecified atom stereocenters. The van der Waals surface area contributed by atoms with Crippen molar-refractivity contribution in [1.82, 2.24) is 4.98 Å². The molecule has 3 aromatic rings. The van der Waals surface area contributed by atoms with Crippen LogP contribution in [0.2, 0.25) is 0 Å². The highest BCUT2D eigenvalue weighted by Gasteiger charge is 2.38. The summed E-state index contributed by atoms with van der Waals surface area (Å²) in [6.45, 7) is -0.263. The molecular formula is C23H16F3N3O2. The third-order valence-electron chi connectivity index (χ3n) is 4.99. The number of anilines is 1. The van der Waals surface area contributed by atoms with Crippen molar-refractivity contribution in [3.63, 3.8) is 0 Å². The van der Waals surface area contributed by atoms with Gasteiger partial charge in [0.25, 0.3) is 5.91 Å². The lowest BCUT2D eigenvalue weighted by Crippen LogP contribution is -2.47. The Hall–Kier alpha value is -3.86. The molecule has 1 aromatic heterocycles. The average molecular weight is 423 g/mol. The van der Waals surface area contributed by atoms with Crippen LogP contribution in [0.25, 0.3) is 0 Å². The highest BCUT2D eigenvalue weighted by molar-refractivity contribution is 5.99. The second-order valence-corrected chi connectivity index (χ2v) is 7.03. The van der Waals surface area contributed by atoms with Crippen molar-refractivity contribution >= 4 is 11.6 Å². The van der Waals surface area contributed by atoms with Gasteiger partial charge in [-0.3, -0.25) is 9.69 Å². The molecule has 0 radical (unpaired) electrons. The lowest BCUT2D eigenvalue weighted by atomic mass is 10.0. The Kier molecular flexibility index (Phi) is 5.34. The summed E-state index contributed by atoms with van der Waals surface area (Å²) in [5, 5.41) is 8.93. The second kappa shape index (κ2) is 8.11. The van der Waals surface area contributed by atoms with E-state index in [4.69, 9.17) is 10.00 Å². The van der Waals surface area contributed by atoms with E-state index in [-0.39, 0.29) is 24.4 Å². The summed E-state index contributed by atoms with van der Waals surface area (Å²) in [6.07, 6.45) is -3.80. The van der Waals surface area contributed by atoms with Crippen molar-refractivity contribution in [2.45, 2.75) is 25.2 Å². The van der Waals surface area contributed by atoms with Gasteiger partial charge in [-0.2, -0.15) is 18.4 Å². The number of nitrogens with zero attached hydrogens (tertiary/aromatic N) is 3. The number of carbonyl (C=O) groups excluding carboxylic acids is 1. The minimum absolute atomic E-state index is 0.0165. The maximum Gasteiger partial charge on any atom is 0.416 e. The van der Waals surface area contributed by atoms with Crippen molar-refractivity contribution in [2.75, 3.05) is 4.90 Å². The standard InChI is InChI=1S/C23H16F3N3O2/c24-23(25,26)18-5-2-1-4-17(18)14-29-19-6-3-11-28-21(19)31-20(22(29)30)12-15-7-9-16(13-27)10-8-15/h1-11,20H,12,14H2. The van der Waals surface area contributed by atoms with Crippen molar-refractivity contribution in [1.29, 1.82) is 5.26 Å². The SMILES string of the molecule is N#Cc1ccc(CC2Oc3ncccc3N(Cc3ccccc3C(F)(F)F)C2=O)cc1. The molecule has 1 amide bonds. The molecule has 0 spiro atoms. The minimum Gasteiger partial charge on any atom is -0.462 e. The highest BCUT2D eigenvalue weighted by atomic mass is 19.4. The molecule has 2 aromatic carbocycles. The summed E-state index contributed by atoms with van der Waals surface area (Å²) in [4.78, 5) is 18.7. The topological polar surface area (TPSA) is 66.2 Å². The Balaban J connectivity index is 1.67. The summed E-state index contributed by atoms with van der Waals surface area (Å²) in [6, 6.07) is 17.1. The molecule has 0 fully saturated rings. The molecule has 0 bridgehead atoms. The van der Waals surface area contributed by atoms with Gasteiger partial charge in [0.1, 0.15) is 5.69 Å². The number of alkyl halides is 3. The zero-order chi connectivity index (χ0) is 22.0. The first-order valence-corrected chi connectivity index (χ1v) is 9.44. The van der Waals surface area contributed by atoms with E-state index in [1.807, 2.05) is 6.07 Å². The zero-order valence-corrected chi connectivity index (χ0v) is 16.1. The Morgan fingerprint density at radius 1 is 1.06 bits per heavy atom. The van der Waals surface area contributed by atoms with E-state index < -0.39 is 23.8 Å². The van der Waals surface area contributed by atoms with Crippen LogP contribution in [0, 0.1) is 11.3 Å². The largest absolute Gasteiger partial charge is 0.462 e. The van der Waals surface area contributed by atoms with E-state index in [1.54, 1.807) is 36.4 Å². The number of hydrogen-bond donors (Lipinski definition) is 0. The fraction of sp³-hybridized carbons (Fsp3) is 0.174. The van der Waals surface area contributed by atoms with Gasteiger partial charge in [-0.15, -0.1) is 0 Å². The number of pyridine rings is 1. The van der Waals surface area contributed by atoms with Gasteiger partial charge < -0.3 is 4.74 Å². The van der Waals surface area contributed by atoms with E-state index in [9.17, 15) is 18.0 Å². The van der Waals surface area contributed by atoms with E-state index in [2.05, 4.69) is 4.98 Å². The molecule has 8 heteroatoms. The normalized spacial score (nSPS) is 15.7. The number of rotatable bonds is 4. The lowest BCUT2D eigenvalue weighted by Gasteiger charge is -2.34. The molecule has 2 heterocycles. The van der Waals surface area contributed by atoms with E-state index >= 15 is 0 Å². The van der Waals surface area contributed by atoms with Gasteiger partial charge in [0.15, 0.2) is 6.10 Å². The summed E-state index contributed by atoms with van der Waals surface area (Å²) in [5.41, 5.74) is 0.755. The molecule has 5 nitrogen and oxygen atoms in total. The summed E-state index contributed by atoms with van der Waals surface area (Å²) >= 11 is 0. The number of hydrogen-bond acceptors (Lipinski definition) is 4. The number of nitriles is 1. The van der Waals surface area contributed by atoms with Crippen LogP contribution in [0.4, 0.5) is 18.9 Å². The first-order chi connectivity index (χ1) is 14.9. The molecular weight excluding hydrogens is 407 g/mol. The molecule has 0 saturated heterocycles. The Labute approximate surface area is 176 Å². The maximum absolute atomic E-state index is 13.5. The van der Waals surface area contributed by atoms with Crippen LogP contribution in [0.5, 0.6) is 5.88 Å². The highest BCUT2D eigenvalue weighted by Crippen LogP contribution is 2.37. The fourth-order valence-electron chi connectivity index (χ4n) is 3.48. The van der Waals surface area contributed by atoms with Crippen LogP contribution >= 0.6 is 0 Å². The van der Waals surface area contributed by atoms with Crippen LogP contribution in [-0.2, 0) is 23.9 Å². The van der Waals surface area contributed by atoms with Gasteiger partial charge >= 0.3 is 6.18 Å². The first-order valence-electron chi connectivity index (χ1n) is 9.44. The smallest absolute Gasteiger partial charge is 0.416 e. The number of carbonyl (C=O) groups is 1. The molecule has 0 aliphatic carbocycles. The van der Waals surface area contributed by atoms with E-state index in [1.165, 1.54) is 29.3 Å². The van der Waals surface area contributed by atoms with Crippen molar-refractivity contribution < 1.29 is 22.7 Å². The molecule has 1 aliphatic rings. The monoisotopic (exact) mass is 423 g/mol. The number of halogens is 3. The van der Waals surface area contributed by atoms with Gasteiger partial charge in [0.05, 0.1) is 23.7 Å². The summed E-state index contributed by atoms with van der Waals surface area (Å²) < 4.78 is 46.2. The fourth-order valence-corrected chi connectivity index (χ4v) is 3.48. The van der Waals surface area contributed by atoms with Gasteiger partial charge in [-0.1, -0.05) is 30.3 Å². The lowest BCUT2D eigenvalue weighted by molar-refractivity contribution is -0.138. The van der Waals surface area contributed by atoms with Crippen LogP contribution < -0.4 is 9.64 Å². The Morgan fingerprint density at radius 3 is 2.52 bits per heavy atom. The molecule has 1 atom stereocenters. The first kappa shape index (κ1) is 20.4. The van der Waals surface area contributed by atoms with Gasteiger partial charge in [0.2, 0.25) is 5.88 Å². The van der Waals surface area contributed by atoms with Crippen molar-refractivity contribution in [3.8, 4) is 11.9 Å². The number of aromatic nitrogens is 1. The third kappa shape index (κ3) is 4.21. The average Bonchev–Trinajstić information content (AvgIpc) is 2.76. The third-order valence-corrected chi connectivity index (χ3v) is 4.99. The molecule has 31 heavy (non-hydrogen) atoms. The number of amides is 1. The van der Waals surface area contributed by atoms with Gasteiger partial charge in [0, 0.05) is 12.6 Å². The number of ether oxygens (including phenoxy) is 1. The van der Waals surface area contributed by atoms with Crippen LogP contribution in [0.15, 0.2) is 66.9 Å². The van der Waals surface area contributed by atoms with Gasteiger partial charge in [-0.25, -0.2) is 4.98 Å². The molecule has 0 saturated carbocycles. The van der Waals surface area contributed by atoms with Crippen molar-refractivity contribution in [3.05, 3.63) is 89.1 Å². The second-order valence-electron chi connectivity index (χ2n) is 7.03. The van der Waals surface area contributed by atoms with Crippen LogP contribution in [0.1, 0.15) is 22.3 Å². The predicted molar refractivity (Wildman–Crippen MR) is 106 cm³/mol. The van der Waals surface area contributed by atoms with Crippen LogP contribution in [-0.4, -0.2) is 17.0 Å². The summed E-state index contributed by atoms with van der Waals surface area (Å²) in [7, 11) is 0. The number of benzene rings is 2. The molecule has 1 aliphatic heterocycles. The number of fused-ring (bicyclic) bond motifs is 1. The van der Waals surface area contributed by atoms with Crippen molar-refractivity contribution in [2.24, 2.45) is 0 Å². The quantitative estimate of drug-likeness (QED) is 0.619. The molecule has 0 N–H and O–H groups in total. The van der Waals surface area contributed by atoms with E-state index in [0.717, 1.165) is 11.6 Å². The predicted octanol–water partition coefficient (Wildman–Crippen LogP) is 4.51. The Morgan fingerprint density at radius 2 is 1.81 bits per heavy atom. The van der Waals surface area contributed by atoms with Gasteiger partial charge in [-0.05, 0) is 41.5 Å². The summed E-state index contributed by atoms with van der Waals surface area (Å²) in [5.74, 6) is -0.271. The molecule has 4 rings (SSSR count). The minimum atomic E-state index is -4.54. The van der Waals surface area contributed by atoms with E-state index in [0.29, 0.717) is 11.3 Å². The maximum atomic E-state index is 13.5. The molecule has 156 valence electrons. The Bertz CT molecular complexity index is 1150.